The third-order valence-corrected chi connectivity index (χ3v) is 9.56. The summed E-state index contributed by atoms with van der Waals surface area (Å²) in [7, 11) is 0. The Morgan fingerprint density at radius 3 is 2.67 bits per heavy atom. The Morgan fingerprint density at radius 2 is 1.81 bits per heavy atom. The molecule has 4 aromatic rings. The van der Waals surface area contributed by atoms with Gasteiger partial charge in [0.05, 0.1) is 28.8 Å². The van der Waals surface area contributed by atoms with Crippen molar-refractivity contribution in [1.82, 2.24) is 20.3 Å². The molecule has 3 fully saturated rings. The fraction of sp³-hybridized carbons (Fsp3) is 0.400. The van der Waals surface area contributed by atoms with E-state index >= 15 is 0 Å². The van der Waals surface area contributed by atoms with Crippen molar-refractivity contribution in [3.05, 3.63) is 71.3 Å². The summed E-state index contributed by atoms with van der Waals surface area (Å²) in [5, 5.41) is 11.5. The number of hydrogen-bond donors (Lipinski definition) is 4. The van der Waals surface area contributed by atoms with E-state index in [0.717, 1.165) is 63.9 Å². The van der Waals surface area contributed by atoms with Crippen molar-refractivity contribution < 1.29 is 4.79 Å². The van der Waals surface area contributed by atoms with E-state index in [2.05, 4.69) is 63.1 Å². The first-order valence-corrected chi connectivity index (χ1v) is 16.0. The van der Waals surface area contributed by atoms with Crippen molar-refractivity contribution in [2.24, 2.45) is 5.92 Å². The summed E-state index contributed by atoms with van der Waals surface area (Å²) in [6.07, 6.45) is 14.5. The minimum absolute atomic E-state index is 0.112. The van der Waals surface area contributed by atoms with Crippen LogP contribution in [0.25, 0.3) is 27.7 Å². The van der Waals surface area contributed by atoms with E-state index in [0.29, 0.717) is 12.3 Å². The van der Waals surface area contributed by atoms with E-state index in [1.54, 1.807) is 0 Å². The molecule has 6 heterocycles. The molecule has 0 spiro atoms. The summed E-state index contributed by atoms with van der Waals surface area (Å²) >= 11 is 0. The van der Waals surface area contributed by atoms with Crippen molar-refractivity contribution >= 4 is 39.6 Å². The van der Waals surface area contributed by atoms with Crippen molar-refractivity contribution in [3.8, 4) is 11.3 Å². The van der Waals surface area contributed by atoms with Gasteiger partial charge in [-0.1, -0.05) is 19.3 Å². The first kappa shape index (κ1) is 26.3. The molecule has 3 aliphatic heterocycles. The van der Waals surface area contributed by atoms with Crippen LogP contribution < -0.4 is 20.9 Å². The molecule has 2 saturated heterocycles. The van der Waals surface area contributed by atoms with E-state index in [1.165, 1.54) is 68.0 Å². The summed E-state index contributed by atoms with van der Waals surface area (Å²) in [6.45, 7) is 4.20. The largest absolute Gasteiger partial charge is 0.360 e. The standard InChI is InChI=1S/C35H39N7O/c1-21-14-23(17-24(15-21)38-31(43)16-22-8-4-2-5-9-22)28-18-25-30(20-37-28)40-34-33(41-34)32(25)29-19-26-27(39-29)10-11-36-35(26)42-12-6-3-7-13-42/h10-11,14-15,17-20,22,34,39-41H,2-9,12-13,16H2,1H3,(H,38,43). The second-order valence-electron chi connectivity index (χ2n) is 12.8. The number of carbonyl (C=O) groups is 1. The predicted molar refractivity (Wildman–Crippen MR) is 173 cm³/mol. The lowest BCUT2D eigenvalue weighted by molar-refractivity contribution is -0.117. The van der Waals surface area contributed by atoms with Crippen LogP contribution in [0.2, 0.25) is 0 Å². The molecule has 8 rings (SSSR count). The fourth-order valence-electron chi connectivity index (χ4n) is 7.36. The molecule has 8 nitrogen and oxygen atoms in total. The van der Waals surface area contributed by atoms with Gasteiger partial charge in [0.25, 0.3) is 0 Å². The molecule has 1 aliphatic carbocycles. The zero-order valence-electron chi connectivity index (χ0n) is 24.8. The summed E-state index contributed by atoms with van der Waals surface area (Å²) in [5.74, 6) is 1.70. The number of amides is 1. The molecular weight excluding hydrogens is 534 g/mol. The molecule has 1 amide bonds. The van der Waals surface area contributed by atoms with Gasteiger partial charge < -0.3 is 25.8 Å². The van der Waals surface area contributed by atoms with Crippen molar-refractivity contribution in [1.29, 1.82) is 0 Å². The van der Waals surface area contributed by atoms with Crippen LogP contribution in [0.4, 0.5) is 17.2 Å². The van der Waals surface area contributed by atoms with Gasteiger partial charge in [-0.2, -0.15) is 0 Å². The third kappa shape index (κ3) is 5.13. The second-order valence-corrected chi connectivity index (χ2v) is 12.8. The molecule has 4 N–H and O–H groups in total. The Balaban J connectivity index is 1.11. The quantitative estimate of drug-likeness (QED) is 0.186. The number of nitrogens with one attached hydrogen (secondary N) is 4. The first-order valence-electron chi connectivity index (χ1n) is 16.0. The van der Waals surface area contributed by atoms with Gasteiger partial charge in [0.1, 0.15) is 12.0 Å². The number of piperidine rings is 1. The van der Waals surface area contributed by atoms with Gasteiger partial charge in [-0.25, -0.2) is 4.98 Å². The zero-order valence-corrected chi connectivity index (χ0v) is 24.8. The molecule has 1 aromatic carbocycles. The molecule has 1 atom stereocenters. The SMILES string of the molecule is Cc1cc(NC(=O)CC2CCCCC2)cc(-c2cc3c(cn2)NC2NC2=C3c2cc3c(N4CCCCC4)nccc3[nH]2)c1. The number of hydrogen-bond acceptors (Lipinski definition) is 6. The van der Waals surface area contributed by atoms with Crippen molar-refractivity contribution in [2.45, 2.75) is 70.9 Å². The number of carbonyl (C=O) groups excluding carboxylic acids is 1. The highest BCUT2D eigenvalue weighted by Gasteiger charge is 2.39. The van der Waals surface area contributed by atoms with Crippen LogP contribution >= 0.6 is 0 Å². The Hall–Kier alpha value is -4.33. The van der Waals surface area contributed by atoms with Crippen LogP contribution in [-0.2, 0) is 4.79 Å². The summed E-state index contributed by atoms with van der Waals surface area (Å²) in [5.41, 5.74) is 10.5. The van der Waals surface area contributed by atoms with E-state index in [1.807, 2.05) is 18.5 Å². The minimum Gasteiger partial charge on any atom is -0.360 e. The number of rotatable bonds is 6. The number of aryl methyl sites for hydroxylation is 1. The van der Waals surface area contributed by atoms with Crippen LogP contribution in [0, 0.1) is 12.8 Å². The number of benzene rings is 1. The maximum atomic E-state index is 12.9. The number of aromatic nitrogens is 3. The third-order valence-electron chi connectivity index (χ3n) is 9.56. The summed E-state index contributed by atoms with van der Waals surface area (Å²) < 4.78 is 0. The van der Waals surface area contributed by atoms with Crippen molar-refractivity contribution in [2.75, 3.05) is 28.6 Å². The zero-order chi connectivity index (χ0) is 28.9. The molecule has 0 bridgehead atoms. The molecule has 1 saturated carbocycles. The average Bonchev–Trinajstić information content (AvgIpc) is 3.66. The van der Waals surface area contributed by atoms with Crippen LogP contribution in [0.5, 0.6) is 0 Å². The lowest BCUT2D eigenvalue weighted by Gasteiger charge is -2.28. The van der Waals surface area contributed by atoms with Gasteiger partial charge in [0, 0.05) is 59.2 Å². The fourth-order valence-corrected chi connectivity index (χ4v) is 7.36. The number of nitrogens with zero attached hydrogens (tertiary/aromatic N) is 3. The summed E-state index contributed by atoms with van der Waals surface area (Å²) in [4.78, 5) is 28.7. The molecule has 1 unspecified atom stereocenters. The van der Waals surface area contributed by atoms with Crippen LogP contribution in [0.1, 0.15) is 74.6 Å². The molecular formula is C35H39N7O. The van der Waals surface area contributed by atoms with Crippen LogP contribution in [0.3, 0.4) is 0 Å². The lowest BCUT2D eigenvalue weighted by Crippen LogP contribution is -2.30. The highest BCUT2D eigenvalue weighted by Crippen LogP contribution is 2.44. The Morgan fingerprint density at radius 1 is 0.977 bits per heavy atom. The normalized spacial score (nSPS) is 19.8. The molecule has 3 aromatic heterocycles. The molecule has 8 heteroatoms. The maximum absolute atomic E-state index is 12.9. The number of anilines is 3. The van der Waals surface area contributed by atoms with Crippen LogP contribution in [-0.4, -0.2) is 40.1 Å². The second kappa shape index (κ2) is 10.7. The Kier molecular flexibility index (Phi) is 6.57. The summed E-state index contributed by atoms with van der Waals surface area (Å²) in [6, 6.07) is 12.8. The minimum atomic E-state index is 0.112. The monoisotopic (exact) mass is 573 g/mol. The number of fused-ring (bicyclic) bond motifs is 3. The predicted octanol–water partition coefficient (Wildman–Crippen LogP) is 6.95. The maximum Gasteiger partial charge on any atom is 0.224 e. The van der Waals surface area contributed by atoms with E-state index in [9.17, 15) is 4.79 Å². The number of aromatic amines is 1. The van der Waals surface area contributed by atoms with Gasteiger partial charge in [-0.05, 0) is 86.9 Å². The van der Waals surface area contributed by atoms with Gasteiger partial charge in [-0.15, -0.1) is 0 Å². The molecule has 220 valence electrons. The Bertz CT molecular complexity index is 1740. The number of pyridine rings is 2. The van der Waals surface area contributed by atoms with E-state index < -0.39 is 0 Å². The molecule has 0 radical (unpaired) electrons. The molecule has 43 heavy (non-hydrogen) atoms. The lowest BCUT2D eigenvalue weighted by atomic mass is 9.87. The van der Waals surface area contributed by atoms with E-state index in [4.69, 9.17) is 9.97 Å². The van der Waals surface area contributed by atoms with Crippen molar-refractivity contribution in [3.63, 3.8) is 0 Å². The number of H-pyrrole nitrogens is 1. The topological polar surface area (TPSA) is 108 Å². The smallest absolute Gasteiger partial charge is 0.224 e. The van der Waals surface area contributed by atoms with E-state index in [-0.39, 0.29) is 12.1 Å². The van der Waals surface area contributed by atoms with Crippen LogP contribution in [0.15, 0.2) is 54.5 Å². The Labute approximate surface area is 252 Å². The first-order chi connectivity index (χ1) is 21.1. The molecule has 4 aliphatic rings. The van der Waals surface area contributed by atoms with Gasteiger partial charge >= 0.3 is 0 Å². The average molecular weight is 574 g/mol. The van der Waals surface area contributed by atoms with Gasteiger partial charge in [0.2, 0.25) is 5.91 Å². The highest BCUT2D eigenvalue weighted by molar-refractivity contribution is 5.99. The van der Waals surface area contributed by atoms with Gasteiger partial charge in [-0.3, -0.25) is 9.78 Å². The highest BCUT2D eigenvalue weighted by atomic mass is 16.1. The van der Waals surface area contributed by atoms with Gasteiger partial charge in [0.15, 0.2) is 0 Å².